The Morgan fingerprint density at radius 3 is 2.41 bits per heavy atom. The number of ether oxygens (including phenoxy) is 1. The molecule has 1 heterocycles. The molecule has 1 aliphatic heterocycles. The van der Waals surface area contributed by atoms with E-state index in [1.807, 2.05) is 11.8 Å². The standard InChI is InChI=1S/C19H31NOS/c1-14-11-17(19(3,4)5)18(20-7-9-21-10-8-20)12-16(14)15(2)13-22-6/h11-12,15H,7-10,13H2,1-6H3. The van der Waals surface area contributed by atoms with Gasteiger partial charge in [0.15, 0.2) is 0 Å². The molecule has 1 saturated heterocycles. The molecule has 0 amide bonds. The van der Waals surface area contributed by atoms with Crippen LogP contribution in [0.5, 0.6) is 0 Å². The zero-order valence-electron chi connectivity index (χ0n) is 15.0. The minimum atomic E-state index is 0.166. The summed E-state index contributed by atoms with van der Waals surface area (Å²) in [6.07, 6.45) is 2.19. The van der Waals surface area contributed by atoms with Gasteiger partial charge in [0.2, 0.25) is 0 Å². The van der Waals surface area contributed by atoms with Crippen LogP contribution in [0.15, 0.2) is 12.1 Å². The molecule has 0 radical (unpaired) electrons. The SMILES string of the molecule is CSCC(C)c1cc(N2CCOCC2)c(C(C)(C)C)cc1C. The number of rotatable bonds is 4. The molecule has 3 heteroatoms. The Labute approximate surface area is 140 Å². The Kier molecular flexibility index (Phi) is 5.84. The molecule has 1 aliphatic rings. The lowest BCUT2D eigenvalue weighted by molar-refractivity contribution is 0.122. The lowest BCUT2D eigenvalue weighted by Gasteiger charge is -2.35. The maximum absolute atomic E-state index is 5.54. The Hall–Kier alpha value is -0.670. The van der Waals surface area contributed by atoms with Crippen LogP contribution >= 0.6 is 11.8 Å². The zero-order chi connectivity index (χ0) is 16.3. The highest BCUT2D eigenvalue weighted by molar-refractivity contribution is 7.98. The van der Waals surface area contributed by atoms with Gasteiger partial charge in [0.05, 0.1) is 13.2 Å². The van der Waals surface area contributed by atoms with E-state index in [1.54, 1.807) is 0 Å². The molecule has 0 bridgehead atoms. The number of hydrogen-bond donors (Lipinski definition) is 0. The van der Waals surface area contributed by atoms with Crippen molar-refractivity contribution in [2.24, 2.45) is 0 Å². The first-order valence-electron chi connectivity index (χ1n) is 8.31. The first-order chi connectivity index (χ1) is 10.3. The van der Waals surface area contributed by atoms with Crippen LogP contribution in [-0.2, 0) is 10.2 Å². The number of nitrogens with zero attached hydrogens (tertiary/aromatic N) is 1. The molecule has 1 aromatic rings. The van der Waals surface area contributed by atoms with Crippen molar-refractivity contribution in [1.29, 1.82) is 0 Å². The van der Waals surface area contributed by atoms with E-state index >= 15 is 0 Å². The second-order valence-electron chi connectivity index (χ2n) is 7.43. The fourth-order valence-corrected chi connectivity index (χ4v) is 3.93. The van der Waals surface area contributed by atoms with Crippen molar-refractivity contribution in [2.45, 2.75) is 46.0 Å². The largest absolute Gasteiger partial charge is 0.378 e. The third-order valence-electron chi connectivity index (χ3n) is 4.49. The van der Waals surface area contributed by atoms with Crippen LogP contribution in [0.4, 0.5) is 5.69 Å². The van der Waals surface area contributed by atoms with Crippen molar-refractivity contribution in [3.63, 3.8) is 0 Å². The average Bonchev–Trinajstić information content (AvgIpc) is 2.47. The van der Waals surface area contributed by atoms with Gasteiger partial charge < -0.3 is 9.64 Å². The molecule has 0 aromatic heterocycles. The molecule has 1 aromatic carbocycles. The summed E-state index contributed by atoms with van der Waals surface area (Å²) in [6.45, 7) is 15.2. The second-order valence-corrected chi connectivity index (χ2v) is 8.34. The van der Waals surface area contributed by atoms with Crippen LogP contribution in [-0.4, -0.2) is 38.3 Å². The molecule has 22 heavy (non-hydrogen) atoms. The maximum atomic E-state index is 5.54. The predicted octanol–water partition coefficient (Wildman–Crippen LogP) is 4.60. The van der Waals surface area contributed by atoms with Gasteiger partial charge in [-0.05, 0) is 53.0 Å². The van der Waals surface area contributed by atoms with Crippen LogP contribution < -0.4 is 4.90 Å². The van der Waals surface area contributed by atoms with Crippen molar-refractivity contribution in [1.82, 2.24) is 0 Å². The summed E-state index contributed by atoms with van der Waals surface area (Å²) in [5, 5.41) is 0. The molecule has 0 saturated carbocycles. The normalized spacial score (nSPS) is 17.6. The minimum absolute atomic E-state index is 0.166. The van der Waals surface area contributed by atoms with Crippen LogP contribution in [0.25, 0.3) is 0 Å². The van der Waals surface area contributed by atoms with Crippen molar-refractivity contribution >= 4 is 17.4 Å². The van der Waals surface area contributed by atoms with Crippen molar-refractivity contribution < 1.29 is 4.74 Å². The number of aryl methyl sites for hydroxylation is 1. The van der Waals surface area contributed by atoms with Crippen molar-refractivity contribution in [2.75, 3.05) is 43.2 Å². The fraction of sp³-hybridized carbons (Fsp3) is 0.684. The smallest absolute Gasteiger partial charge is 0.0642 e. The highest BCUT2D eigenvalue weighted by atomic mass is 32.2. The molecule has 0 spiro atoms. The van der Waals surface area contributed by atoms with Gasteiger partial charge in [0, 0.05) is 18.8 Å². The summed E-state index contributed by atoms with van der Waals surface area (Å²) in [7, 11) is 0. The summed E-state index contributed by atoms with van der Waals surface area (Å²) in [4.78, 5) is 2.51. The number of morpholine rings is 1. The zero-order valence-corrected chi connectivity index (χ0v) is 15.8. The molecule has 124 valence electrons. The van der Waals surface area contributed by atoms with E-state index in [0.717, 1.165) is 26.3 Å². The minimum Gasteiger partial charge on any atom is -0.378 e. The Morgan fingerprint density at radius 2 is 1.86 bits per heavy atom. The molecule has 2 nitrogen and oxygen atoms in total. The summed E-state index contributed by atoms with van der Waals surface area (Å²) in [5.74, 6) is 1.78. The molecular weight excluding hydrogens is 290 g/mol. The Bertz CT molecular complexity index is 501. The van der Waals surface area contributed by atoms with E-state index in [-0.39, 0.29) is 5.41 Å². The number of thioether (sulfide) groups is 1. The van der Waals surface area contributed by atoms with E-state index in [4.69, 9.17) is 4.74 Å². The van der Waals surface area contributed by atoms with E-state index in [0.29, 0.717) is 5.92 Å². The van der Waals surface area contributed by atoms with Gasteiger partial charge >= 0.3 is 0 Å². The van der Waals surface area contributed by atoms with Gasteiger partial charge in [-0.15, -0.1) is 0 Å². The molecule has 1 unspecified atom stereocenters. The first kappa shape index (κ1) is 17.7. The first-order valence-corrected chi connectivity index (χ1v) is 9.70. The summed E-state index contributed by atoms with van der Waals surface area (Å²) in [6, 6.07) is 4.89. The second kappa shape index (κ2) is 7.27. The molecular formula is C19H31NOS. The summed E-state index contributed by atoms with van der Waals surface area (Å²) < 4.78 is 5.54. The van der Waals surface area contributed by atoms with Crippen LogP contribution in [0, 0.1) is 6.92 Å². The molecule has 2 rings (SSSR count). The fourth-order valence-electron chi connectivity index (χ4n) is 3.25. The van der Waals surface area contributed by atoms with E-state index in [2.05, 4.69) is 57.9 Å². The van der Waals surface area contributed by atoms with Gasteiger partial charge in [0.1, 0.15) is 0 Å². The van der Waals surface area contributed by atoms with Crippen molar-refractivity contribution in [3.8, 4) is 0 Å². The maximum Gasteiger partial charge on any atom is 0.0642 e. The molecule has 1 atom stereocenters. The number of hydrogen-bond acceptors (Lipinski definition) is 3. The van der Waals surface area contributed by atoms with Gasteiger partial charge in [-0.3, -0.25) is 0 Å². The summed E-state index contributed by atoms with van der Waals surface area (Å²) >= 11 is 1.93. The Balaban J connectivity index is 2.48. The Morgan fingerprint density at radius 1 is 1.23 bits per heavy atom. The number of benzene rings is 1. The summed E-state index contributed by atoms with van der Waals surface area (Å²) in [5.41, 5.74) is 5.99. The third kappa shape index (κ3) is 3.99. The molecule has 0 aliphatic carbocycles. The molecule has 1 fully saturated rings. The predicted molar refractivity (Wildman–Crippen MR) is 99.7 cm³/mol. The average molecular weight is 322 g/mol. The number of anilines is 1. The highest BCUT2D eigenvalue weighted by Crippen LogP contribution is 2.37. The van der Waals surface area contributed by atoms with Gasteiger partial charge in [-0.2, -0.15) is 11.8 Å². The van der Waals surface area contributed by atoms with Crippen LogP contribution in [0.3, 0.4) is 0 Å². The highest BCUT2D eigenvalue weighted by Gasteiger charge is 2.24. The molecule has 0 N–H and O–H groups in total. The lowest BCUT2D eigenvalue weighted by Crippen LogP contribution is -2.37. The van der Waals surface area contributed by atoms with Crippen LogP contribution in [0.2, 0.25) is 0 Å². The monoisotopic (exact) mass is 321 g/mol. The lowest BCUT2D eigenvalue weighted by atomic mass is 9.82. The quantitative estimate of drug-likeness (QED) is 0.804. The topological polar surface area (TPSA) is 12.5 Å². The van der Waals surface area contributed by atoms with E-state index < -0.39 is 0 Å². The van der Waals surface area contributed by atoms with Gasteiger partial charge in [-0.1, -0.05) is 33.8 Å². The van der Waals surface area contributed by atoms with E-state index in [9.17, 15) is 0 Å². The van der Waals surface area contributed by atoms with Crippen molar-refractivity contribution in [3.05, 3.63) is 28.8 Å². The van der Waals surface area contributed by atoms with E-state index in [1.165, 1.54) is 28.1 Å². The van der Waals surface area contributed by atoms with Crippen LogP contribution in [0.1, 0.15) is 50.3 Å². The van der Waals surface area contributed by atoms with Gasteiger partial charge in [-0.25, -0.2) is 0 Å². The third-order valence-corrected chi connectivity index (χ3v) is 5.33. The van der Waals surface area contributed by atoms with Gasteiger partial charge in [0.25, 0.3) is 0 Å².